The highest BCUT2D eigenvalue weighted by Crippen LogP contribution is 2.12. The van der Waals surface area contributed by atoms with Crippen molar-refractivity contribution in [1.82, 2.24) is 10.2 Å². The summed E-state index contributed by atoms with van der Waals surface area (Å²) in [5, 5.41) is 10.9. The van der Waals surface area contributed by atoms with Crippen molar-refractivity contribution in [2.75, 3.05) is 11.9 Å². The molecule has 5 heteroatoms. The molecule has 3 nitrogen and oxygen atoms in total. The zero-order valence-electron chi connectivity index (χ0n) is 8.67. The van der Waals surface area contributed by atoms with Gasteiger partial charge in [-0.05, 0) is 31.0 Å². The second-order valence-electron chi connectivity index (χ2n) is 3.50. The van der Waals surface area contributed by atoms with Gasteiger partial charge in [0.15, 0.2) is 3.95 Å². The summed E-state index contributed by atoms with van der Waals surface area (Å²) < 4.78 is 0.731. The molecule has 14 heavy (non-hydrogen) atoms. The van der Waals surface area contributed by atoms with Gasteiger partial charge in [-0.25, -0.2) is 0 Å². The summed E-state index contributed by atoms with van der Waals surface area (Å²) in [5.74, 6) is 0.828. The van der Waals surface area contributed by atoms with Gasteiger partial charge in [0.05, 0.1) is 0 Å². The van der Waals surface area contributed by atoms with E-state index in [1.165, 1.54) is 30.6 Å². The van der Waals surface area contributed by atoms with Crippen LogP contribution in [0.25, 0.3) is 0 Å². The van der Waals surface area contributed by atoms with Gasteiger partial charge in [0.2, 0.25) is 5.13 Å². The van der Waals surface area contributed by atoms with Crippen molar-refractivity contribution in [3.8, 4) is 0 Å². The molecule has 2 N–H and O–H groups in total. The Hall–Kier alpha value is -0.420. The smallest absolute Gasteiger partial charge is 0.204 e. The third kappa shape index (κ3) is 4.19. The first-order valence-corrected chi connectivity index (χ1v) is 6.24. The molecule has 1 aromatic heterocycles. The number of hydrogen-bond donors (Lipinski definition) is 2. The minimum atomic E-state index is 0.731. The van der Waals surface area contributed by atoms with Crippen molar-refractivity contribution in [3.63, 3.8) is 0 Å². The van der Waals surface area contributed by atoms with Gasteiger partial charge in [-0.15, -0.1) is 5.10 Å². The molecule has 0 amide bonds. The van der Waals surface area contributed by atoms with Gasteiger partial charge < -0.3 is 5.32 Å². The maximum absolute atomic E-state index is 4.93. The lowest BCUT2D eigenvalue weighted by Crippen LogP contribution is -2.03. The molecule has 0 aliphatic rings. The lowest BCUT2D eigenvalue weighted by Gasteiger charge is -2.07. The summed E-state index contributed by atoms with van der Waals surface area (Å²) in [5.41, 5.74) is 0. The SMILES string of the molecule is CCC(C)CCCNc1n[nH]c(=S)s1. The van der Waals surface area contributed by atoms with Gasteiger partial charge >= 0.3 is 0 Å². The highest BCUT2D eigenvalue weighted by molar-refractivity contribution is 7.73. The second kappa shape index (κ2) is 6.14. The molecule has 0 spiro atoms. The van der Waals surface area contributed by atoms with Gasteiger partial charge in [0.25, 0.3) is 0 Å². The Morgan fingerprint density at radius 3 is 3.00 bits per heavy atom. The molecular formula is C9H17N3S2. The molecule has 0 saturated carbocycles. The zero-order valence-corrected chi connectivity index (χ0v) is 10.3. The molecule has 0 aromatic carbocycles. The van der Waals surface area contributed by atoms with Gasteiger partial charge in [0.1, 0.15) is 0 Å². The van der Waals surface area contributed by atoms with E-state index in [1.54, 1.807) is 0 Å². The molecule has 0 aliphatic carbocycles. The van der Waals surface area contributed by atoms with Crippen LogP contribution < -0.4 is 5.32 Å². The van der Waals surface area contributed by atoms with Crippen LogP contribution in [0.1, 0.15) is 33.1 Å². The third-order valence-corrected chi connectivity index (χ3v) is 3.33. The average Bonchev–Trinajstić information content (AvgIpc) is 2.58. The predicted octanol–water partition coefficient (Wildman–Crippen LogP) is 3.44. The lowest BCUT2D eigenvalue weighted by molar-refractivity contribution is 0.503. The molecule has 1 aromatic rings. The molecule has 0 radical (unpaired) electrons. The molecule has 1 rings (SSSR count). The largest absolute Gasteiger partial charge is 0.360 e. The van der Waals surface area contributed by atoms with Crippen LogP contribution in [0, 0.1) is 9.87 Å². The molecule has 0 saturated heterocycles. The quantitative estimate of drug-likeness (QED) is 0.582. The number of aromatic nitrogens is 2. The van der Waals surface area contributed by atoms with E-state index < -0.39 is 0 Å². The lowest BCUT2D eigenvalue weighted by atomic mass is 10.0. The fourth-order valence-electron chi connectivity index (χ4n) is 1.16. The fourth-order valence-corrected chi connectivity index (χ4v) is 1.97. The van der Waals surface area contributed by atoms with Gasteiger partial charge in [-0.2, -0.15) is 0 Å². The van der Waals surface area contributed by atoms with Crippen LogP contribution >= 0.6 is 23.6 Å². The van der Waals surface area contributed by atoms with Crippen molar-refractivity contribution in [2.45, 2.75) is 33.1 Å². The van der Waals surface area contributed by atoms with Crippen LogP contribution in [0.3, 0.4) is 0 Å². The Kier molecular flexibility index (Phi) is 5.11. The second-order valence-corrected chi connectivity index (χ2v) is 5.17. The monoisotopic (exact) mass is 231 g/mol. The fraction of sp³-hybridized carbons (Fsp3) is 0.778. The maximum atomic E-state index is 4.93. The highest BCUT2D eigenvalue weighted by Gasteiger charge is 1.99. The molecule has 1 heterocycles. The maximum Gasteiger partial charge on any atom is 0.204 e. The zero-order chi connectivity index (χ0) is 10.4. The van der Waals surface area contributed by atoms with Crippen molar-refractivity contribution in [2.24, 2.45) is 5.92 Å². The number of rotatable bonds is 6. The summed E-state index contributed by atoms with van der Waals surface area (Å²) >= 11 is 6.42. The first-order chi connectivity index (χ1) is 6.72. The van der Waals surface area contributed by atoms with E-state index in [1.807, 2.05) is 0 Å². The molecule has 0 fully saturated rings. The van der Waals surface area contributed by atoms with Crippen LogP contribution in [-0.2, 0) is 0 Å². The first kappa shape index (κ1) is 11.7. The van der Waals surface area contributed by atoms with Crippen molar-refractivity contribution in [3.05, 3.63) is 3.95 Å². The van der Waals surface area contributed by atoms with E-state index in [-0.39, 0.29) is 0 Å². The van der Waals surface area contributed by atoms with E-state index in [4.69, 9.17) is 12.2 Å². The normalized spacial score (nSPS) is 12.7. The Morgan fingerprint density at radius 2 is 2.43 bits per heavy atom. The third-order valence-electron chi connectivity index (χ3n) is 2.28. The Labute approximate surface area is 93.9 Å². The first-order valence-electron chi connectivity index (χ1n) is 5.01. The van der Waals surface area contributed by atoms with Gasteiger partial charge in [-0.3, -0.25) is 5.10 Å². The molecule has 1 unspecified atom stereocenters. The number of nitrogens with one attached hydrogen (secondary N) is 2. The van der Waals surface area contributed by atoms with Crippen LogP contribution in [0.5, 0.6) is 0 Å². The van der Waals surface area contributed by atoms with Crippen LogP contribution in [0.2, 0.25) is 0 Å². The van der Waals surface area contributed by atoms with E-state index in [9.17, 15) is 0 Å². The molecular weight excluding hydrogens is 214 g/mol. The molecule has 0 bridgehead atoms. The predicted molar refractivity (Wildman–Crippen MR) is 64.5 cm³/mol. The van der Waals surface area contributed by atoms with Crippen molar-refractivity contribution >= 4 is 28.7 Å². The molecule has 80 valence electrons. The van der Waals surface area contributed by atoms with E-state index in [0.717, 1.165) is 21.5 Å². The summed E-state index contributed by atoms with van der Waals surface area (Å²) in [6, 6.07) is 0. The van der Waals surface area contributed by atoms with Crippen molar-refractivity contribution in [1.29, 1.82) is 0 Å². The van der Waals surface area contributed by atoms with Crippen LogP contribution in [0.4, 0.5) is 5.13 Å². The summed E-state index contributed by atoms with van der Waals surface area (Å²) in [6.07, 6.45) is 3.74. The summed E-state index contributed by atoms with van der Waals surface area (Å²) in [6.45, 7) is 5.51. The van der Waals surface area contributed by atoms with Crippen molar-refractivity contribution < 1.29 is 0 Å². The Morgan fingerprint density at radius 1 is 1.64 bits per heavy atom. The summed E-state index contributed by atoms with van der Waals surface area (Å²) in [4.78, 5) is 0. The van der Waals surface area contributed by atoms with Crippen LogP contribution in [-0.4, -0.2) is 16.7 Å². The Bertz CT molecular complexity index is 305. The standard InChI is InChI=1S/C9H17N3S2/c1-3-7(2)5-4-6-10-8-11-12-9(13)14-8/h7H,3-6H2,1-2H3,(H,10,11)(H,12,13). The highest BCUT2D eigenvalue weighted by atomic mass is 32.1. The number of nitrogens with zero attached hydrogens (tertiary/aromatic N) is 1. The van der Waals surface area contributed by atoms with E-state index >= 15 is 0 Å². The average molecular weight is 231 g/mol. The number of hydrogen-bond acceptors (Lipinski definition) is 4. The minimum absolute atomic E-state index is 0.731. The number of H-pyrrole nitrogens is 1. The van der Waals surface area contributed by atoms with E-state index in [2.05, 4.69) is 29.4 Å². The Balaban J connectivity index is 2.13. The summed E-state index contributed by atoms with van der Waals surface area (Å²) in [7, 11) is 0. The van der Waals surface area contributed by atoms with E-state index in [0.29, 0.717) is 0 Å². The minimum Gasteiger partial charge on any atom is -0.360 e. The van der Waals surface area contributed by atoms with Gasteiger partial charge in [0, 0.05) is 6.54 Å². The number of anilines is 1. The van der Waals surface area contributed by atoms with Crippen LogP contribution in [0.15, 0.2) is 0 Å². The van der Waals surface area contributed by atoms with Gasteiger partial charge in [-0.1, -0.05) is 31.6 Å². The topological polar surface area (TPSA) is 40.7 Å². The molecule has 0 aliphatic heterocycles. The molecule has 1 atom stereocenters. The number of aromatic amines is 1.